The molecule has 2 N–H and O–H groups in total. The Morgan fingerprint density at radius 2 is 1.93 bits per heavy atom. The van der Waals surface area contributed by atoms with Crippen LogP contribution >= 0.6 is 0 Å². The molecule has 3 nitrogen and oxygen atoms in total. The number of aliphatic hydroxyl groups is 1. The molecule has 1 rings (SSSR count). The topological polar surface area (TPSA) is 57.5 Å². The van der Waals surface area contributed by atoms with E-state index in [-0.39, 0.29) is 0 Å². The van der Waals surface area contributed by atoms with Crippen LogP contribution in [-0.4, -0.2) is 22.3 Å². The van der Waals surface area contributed by atoms with Gasteiger partial charge in [-0.05, 0) is 31.7 Å². The van der Waals surface area contributed by atoms with Crippen molar-refractivity contribution in [1.82, 2.24) is 0 Å². The number of carboxylic acid groups (broad SMARTS) is 1. The molecule has 0 spiro atoms. The van der Waals surface area contributed by atoms with E-state index in [1.165, 1.54) is 11.1 Å². The summed E-state index contributed by atoms with van der Waals surface area (Å²) in [6.07, 6.45) is 0.583. The molecule has 0 aromatic heterocycles. The van der Waals surface area contributed by atoms with Crippen molar-refractivity contribution in [1.29, 1.82) is 0 Å². The van der Waals surface area contributed by atoms with Crippen molar-refractivity contribution < 1.29 is 15.0 Å². The van der Waals surface area contributed by atoms with Gasteiger partial charge in [0.15, 0.2) is 6.10 Å². The molecule has 0 aliphatic rings. The number of aliphatic carboxylic acids is 1. The zero-order valence-corrected chi connectivity index (χ0v) is 8.81. The third-order valence-corrected chi connectivity index (χ3v) is 2.35. The molecule has 1 atom stereocenters. The molecule has 3 heteroatoms. The molecule has 0 aliphatic carbocycles. The van der Waals surface area contributed by atoms with Crippen LogP contribution in [0.3, 0.4) is 0 Å². The lowest BCUT2D eigenvalue weighted by Gasteiger charge is -2.05. The normalized spacial score (nSPS) is 12.4. The number of hydrogen-bond donors (Lipinski definition) is 2. The van der Waals surface area contributed by atoms with Crippen LogP contribution in [0.5, 0.6) is 0 Å². The minimum Gasteiger partial charge on any atom is -0.479 e. The molecular weight excluding hydrogens is 192 g/mol. The summed E-state index contributed by atoms with van der Waals surface area (Å²) in [5.74, 6) is -1.14. The molecule has 0 saturated carbocycles. The first-order chi connectivity index (χ1) is 7.09. The molecule has 0 radical (unpaired) electrons. The molecule has 0 aliphatic heterocycles. The fourth-order valence-electron chi connectivity index (χ4n) is 1.38. The summed E-state index contributed by atoms with van der Waals surface area (Å²) in [7, 11) is 0. The first-order valence-electron chi connectivity index (χ1n) is 5.06. The Hall–Kier alpha value is -1.35. The Morgan fingerprint density at radius 1 is 1.33 bits per heavy atom. The SMILES string of the molecule is Cc1ccc(CCCC(O)C(=O)O)cc1. The minimum absolute atomic E-state index is 0.309. The van der Waals surface area contributed by atoms with Gasteiger partial charge in [0.2, 0.25) is 0 Å². The number of benzene rings is 1. The van der Waals surface area contributed by atoms with E-state index in [4.69, 9.17) is 10.2 Å². The highest BCUT2D eigenvalue weighted by atomic mass is 16.4. The van der Waals surface area contributed by atoms with E-state index < -0.39 is 12.1 Å². The van der Waals surface area contributed by atoms with Gasteiger partial charge in [0.25, 0.3) is 0 Å². The monoisotopic (exact) mass is 208 g/mol. The number of carboxylic acids is 1. The highest BCUT2D eigenvalue weighted by molar-refractivity contribution is 5.71. The van der Waals surface area contributed by atoms with Gasteiger partial charge in [0, 0.05) is 0 Å². The molecule has 0 saturated heterocycles. The second-order valence-electron chi connectivity index (χ2n) is 3.73. The Bertz CT molecular complexity index is 316. The van der Waals surface area contributed by atoms with Gasteiger partial charge < -0.3 is 10.2 Å². The Labute approximate surface area is 89.4 Å². The predicted molar refractivity (Wildman–Crippen MR) is 57.8 cm³/mol. The third kappa shape index (κ3) is 4.13. The summed E-state index contributed by atoms with van der Waals surface area (Å²) in [6, 6.07) is 8.12. The van der Waals surface area contributed by atoms with Gasteiger partial charge in [-0.1, -0.05) is 29.8 Å². The number of hydrogen-bond acceptors (Lipinski definition) is 2. The fourth-order valence-corrected chi connectivity index (χ4v) is 1.38. The van der Waals surface area contributed by atoms with Crippen molar-refractivity contribution in [3.05, 3.63) is 35.4 Å². The van der Waals surface area contributed by atoms with E-state index in [1.54, 1.807) is 0 Å². The second-order valence-corrected chi connectivity index (χ2v) is 3.73. The van der Waals surface area contributed by atoms with Crippen LogP contribution in [0.1, 0.15) is 24.0 Å². The second kappa shape index (κ2) is 5.51. The lowest BCUT2D eigenvalue weighted by atomic mass is 10.0. The first kappa shape index (κ1) is 11.7. The number of carbonyl (C=O) groups is 1. The predicted octanol–water partition coefficient (Wildman–Crippen LogP) is 1.76. The van der Waals surface area contributed by atoms with Crippen LogP contribution in [0.4, 0.5) is 0 Å². The molecular formula is C12H16O3. The van der Waals surface area contributed by atoms with Gasteiger partial charge in [-0.25, -0.2) is 4.79 Å². The number of aryl methyl sites for hydroxylation is 2. The molecule has 0 bridgehead atoms. The summed E-state index contributed by atoms with van der Waals surface area (Å²) in [5, 5.41) is 17.5. The van der Waals surface area contributed by atoms with Gasteiger partial charge >= 0.3 is 5.97 Å². The lowest BCUT2D eigenvalue weighted by molar-refractivity contribution is -0.146. The van der Waals surface area contributed by atoms with Crippen LogP contribution in [0, 0.1) is 6.92 Å². The van der Waals surface area contributed by atoms with E-state index in [0.29, 0.717) is 12.8 Å². The average Bonchev–Trinajstić information content (AvgIpc) is 2.20. The van der Waals surface area contributed by atoms with Crippen molar-refractivity contribution >= 4 is 5.97 Å². The summed E-state index contributed by atoms with van der Waals surface area (Å²) < 4.78 is 0. The standard InChI is InChI=1S/C12H16O3/c1-9-5-7-10(8-6-9)3-2-4-11(13)12(14)15/h5-8,11,13H,2-4H2,1H3,(H,14,15). The van der Waals surface area contributed by atoms with Gasteiger partial charge in [0.05, 0.1) is 0 Å². The Morgan fingerprint density at radius 3 is 2.47 bits per heavy atom. The van der Waals surface area contributed by atoms with Crippen LogP contribution in [-0.2, 0) is 11.2 Å². The van der Waals surface area contributed by atoms with E-state index in [2.05, 4.69) is 0 Å². The van der Waals surface area contributed by atoms with E-state index in [0.717, 1.165) is 6.42 Å². The van der Waals surface area contributed by atoms with Gasteiger partial charge in [-0.3, -0.25) is 0 Å². The zero-order chi connectivity index (χ0) is 11.3. The molecule has 82 valence electrons. The Balaban J connectivity index is 2.32. The lowest BCUT2D eigenvalue weighted by Crippen LogP contribution is -2.19. The van der Waals surface area contributed by atoms with Crippen molar-refractivity contribution in [3.63, 3.8) is 0 Å². The van der Waals surface area contributed by atoms with Crippen LogP contribution in [0.25, 0.3) is 0 Å². The van der Waals surface area contributed by atoms with Crippen molar-refractivity contribution in [2.75, 3.05) is 0 Å². The van der Waals surface area contributed by atoms with Crippen molar-refractivity contribution in [3.8, 4) is 0 Å². The largest absolute Gasteiger partial charge is 0.479 e. The summed E-state index contributed by atoms with van der Waals surface area (Å²) in [6.45, 7) is 2.03. The maximum absolute atomic E-state index is 10.3. The molecule has 0 heterocycles. The molecule has 0 amide bonds. The van der Waals surface area contributed by atoms with Crippen molar-refractivity contribution in [2.24, 2.45) is 0 Å². The molecule has 0 fully saturated rings. The van der Waals surface area contributed by atoms with E-state index in [1.807, 2.05) is 31.2 Å². The van der Waals surface area contributed by atoms with Crippen LogP contribution in [0.15, 0.2) is 24.3 Å². The first-order valence-corrected chi connectivity index (χ1v) is 5.06. The quantitative estimate of drug-likeness (QED) is 0.775. The van der Waals surface area contributed by atoms with Gasteiger partial charge in [-0.15, -0.1) is 0 Å². The summed E-state index contributed by atoms with van der Waals surface area (Å²) in [4.78, 5) is 10.3. The molecule has 1 aromatic carbocycles. The van der Waals surface area contributed by atoms with Crippen LogP contribution in [0.2, 0.25) is 0 Å². The maximum atomic E-state index is 10.3. The average molecular weight is 208 g/mol. The van der Waals surface area contributed by atoms with Crippen molar-refractivity contribution in [2.45, 2.75) is 32.3 Å². The zero-order valence-electron chi connectivity index (χ0n) is 8.81. The van der Waals surface area contributed by atoms with Gasteiger partial charge in [-0.2, -0.15) is 0 Å². The highest BCUT2D eigenvalue weighted by Gasteiger charge is 2.11. The fraction of sp³-hybridized carbons (Fsp3) is 0.417. The number of rotatable bonds is 5. The highest BCUT2D eigenvalue weighted by Crippen LogP contribution is 2.08. The summed E-state index contributed by atoms with van der Waals surface area (Å²) >= 11 is 0. The Kier molecular flexibility index (Phi) is 4.31. The smallest absolute Gasteiger partial charge is 0.332 e. The van der Waals surface area contributed by atoms with Crippen LogP contribution < -0.4 is 0 Å². The molecule has 1 unspecified atom stereocenters. The summed E-state index contributed by atoms with van der Waals surface area (Å²) in [5.41, 5.74) is 2.39. The van der Waals surface area contributed by atoms with Gasteiger partial charge in [0.1, 0.15) is 0 Å². The minimum atomic E-state index is -1.23. The molecule has 1 aromatic rings. The van der Waals surface area contributed by atoms with E-state index >= 15 is 0 Å². The maximum Gasteiger partial charge on any atom is 0.332 e. The van der Waals surface area contributed by atoms with E-state index in [9.17, 15) is 4.79 Å². The number of aliphatic hydroxyl groups excluding tert-OH is 1. The molecule has 15 heavy (non-hydrogen) atoms. The third-order valence-electron chi connectivity index (χ3n) is 2.35.